The molecule has 320 valence electrons. The van der Waals surface area contributed by atoms with Gasteiger partial charge in [0.2, 0.25) is 12.7 Å². The van der Waals surface area contributed by atoms with Crippen molar-refractivity contribution in [1.82, 2.24) is 29.0 Å². The molecule has 15 nitrogen and oxygen atoms in total. The molecule has 6 aromatic rings. The van der Waals surface area contributed by atoms with Crippen LogP contribution < -0.4 is 5.73 Å². The number of carbonyl (C=O) groups is 3. The molecule has 2 N–H and O–H groups in total. The summed E-state index contributed by atoms with van der Waals surface area (Å²) in [5, 5.41) is 5.38. The van der Waals surface area contributed by atoms with Crippen LogP contribution in [-0.4, -0.2) is 86.9 Å². The van der Waals surface area contributed by atoms with Crippen LogP contribution in [0.15, 0.2) is 91.4 Å². The molecule has 0 aliphatic carbocycles. The number of nitrogens with zero attached hydrogens (tertiary/aromatic N) is 6. The number of benzene rings is 3. The molecule has 16 heteroatoms. The summed E-state index contributed by atoms with van der Waals surface area (Å²) in [6, 6.07) is 24.5. The minimum Gasteiger partial charge on any atom is -0.422 e. The Balaban J connectivity index is 1.14. The molecule has 3 aromatic heterocycles. The molecule has 0 spiro atoms. The van der Waals surface area contributed by atoms with E-state index in [4.69, 9.17) is 24.0 Å². The van der Waals surface area contributed by atoms with Gasteiger partial charge in [0.1, 0.15) is 12.9 Å². The van der Waals surface area contributed by atoms with Gasteiger partial charge in [-0.1, -0.05) is 80.6 Å². The monoisotopic (exact) mass is 849 g/mol. The number of hydrogen-bond acceptors (Lipinski definition) is 11. The Morgan fingerprint density at radius 2 is 1.54 bits per heavy atom. The number of rotatable bonds is 16. The van der Waals surface area contributed by atoms with Gasteiger partial charge < -0.3 is 15.4 Å². The second-order valence-corrected chi connectivity index (χ2v) is 17.4. The second-order valence-electron chi connectivity index (χ2n) is 15.7. The van der Waals surface area contributed by atoms with Crippen molar-refractivity contribution in [3.05, 3.63) is 125 Å². The van der Waals surface area contributed by atoms with Gasteiger partial charge in [-0.15, -0.1) is 0 Å². The maximum atomic E-state index is 14.7. The highest BCUT2D eigenvalue weighted by atomic mass is 31.2. The maximum Gasteiger partial charge on any atom is 0.478 e. The van der Waals surface area contributed by atoms with Crippen LogP contribution in [0.5, 0.6) is 0 Å². The van der Waals surface area contributed by atoms with E-state index in [1.54, 1.807) is 9.08 Å². The first-order chi connectivity index (χ1) is 29.3. The first kappa shape index (κ1) is 43.4. The average molecular weight is 850 g/mol. The third kappa shape index (κ3) is 9.93. The van der Waals surface area contributed by atoms with Crippen molar-refractivity contribution in [2.45, 2.75) is 65.6 Å². The summed E-state index contributed by atoms with van der Waals surface area (Å²) in [4.78, 5) is 47.4. The van der Waals surface area contributed by atoms with Gasteiger partial charge in [-0.25, -0.2) is 23.4 Å². The van der Waals surface area contributed by atoms with E-state index < -0.39 is 20.7 Å². The van der Waals surface area contributed by atoms with Gasteiger partial charge in [-0.3, -0.25) is 28.1 Å². The van der Waals surface area contributed by atoms with Gasteiger partial charge in [-0.2, -0.15) is 5.10 Å². The van der Waals surface area contributed by atoms with E-state index in [-0.39, 0.29) is 50.0 Å². The van der Waals surface area contributed by atoms with Crippen molar-refractivity contribution in [2.75, 3.05) is 40.0 Å². The molecular formula is C45H52N7O8P. The molecule has 61 heavy (non-hydrogen) atoms. The number of piperidine rings is 1. The zero-order valence-corrected chi connectivity index (χ0v) is 36.0. The first-order valence-corrected chi connectivity index (χ1v) is 21.8. The van der Waals surface area contributed by atoms with Crippen molar-refractivity contribution in [3.63, 3.8) is 0 Å². The van der Waals surface area contributed by atoms with Crippen LogP contribution in [0.4, 0.5) is 4.79 Å². The largest absolute Gasteiger partial charge is 0.478 e. The molecule has 1 saturated heterocycles. The van der Waals surface area contributed by atoms with Crippen molar-refractivity contribution in [2.24, 2.45) is 5.73 Å². The molecule has 0 radical (unpaired) electrons. The predicted molar refractivity (Wildman–Crippen MR) is 231 cm³/mol. The molecule has 3 aromatic carbocycles. The molecule has 0 bridgehead atoms. The van der Waals surface area contributed by atoms with Crippen LogP contribution in [0.25, 0.3) is 27.8 Å². The van der Waals surface area contributed by atoms with Gasteiger partial charge in [0, 0.05) is 24.2 Å². The standard InChI is InChI=1S/C45H52N7O8P/c1-30(2)42-37-22-36(35-18-20-50(21-19-35)24-40(46)53)16-17-39(37)52(43(42)38-23-51-44(47-28-48-51)32(4)31(38)3)41(54)25-49(5)45(55)57-29-60-61(56,58-26-33-12-8-6-9-13-33)59-27-34-14-10-7-11-15-34/h6-17,22-23,28,30,35H,18-21,24-27,29H2,1-5H3,(H2,46,53). The number of aromatic nitrogens is 4. The van der Waals surface area contributed by atoms with Gasteiger partial charge in [0.25, 0.3) is 5.91 Å². The molecule has 1 aliphatic rings. The Morgan fingerprint density at radius 3 is 2.15 bits per heavy atom. The van der Waals surface area contributed by atoms with Crippen LogP contribution in [0.2, 0.25) is 0 Å². The van der Waals surface area contributed by atoms with E-state index in [2.05, 4.69) is 41.0 Å². The third-order valence-electron chi connectivity index (χ3n) is 11.2. The second kappa shape index (κ2) is 18.9. The molecule has 1 aliphatic heterocycles. The van der Waals surface area contributed by atoms with E-state index in [0.717, 1.165) is 80.8 Å². The summed E-state index contributed by atoms with van der Waals surface area (Å²) in [6.07, 6.45) is 4.26. The highest BCUT2D eigenvalue weighted by molar-refractivity contribution is 7.48. The molecule has 1 fully saturated rings. The Bertz CT molecular complexity index is 2520. The van der Waals surface area contributed by atoms with Crippen LogP contribution in [0.3, 0.4) is 0 Å². The van der Waals surface area contributed by atoms with Gasteiger partial charge in [0.15, 0.2) is 5.65 Å². The SMILES string of the molecule is Cc1c(-c2c(C(C)C)c3cc(C4CCN(CC(N)=O)CC4)ccc3n2C(=O)CN(C)C(=O)OCOP(=O)(OCc2ccccc2)OCc2ccccc2)cn2ncnc2c1C. The van der Waals surface area contributed by atoms with E-state index >= 15 is 0 Å². The van der Waals surface area contributed by atoms with Crippen molar-refractivity contribution < 1.29 is 37.3 Å². The van der Waals surface area contributed by atoms with Crippen LogP contribution in [0.1, 0.15) is 76.7 Å². The number of primary amides is 1. The number of fused-ring (bicyclic) bond motifs is 2. The van der Waals surface area contributed by atoms with Crippen molar-refractivity contribution in [1.29, 1.82) is 0 Å². The lowest BCUT2D eigenvalue weighted by molar-refractivity contribution is -0.119. The number of amides is 2. The normalized spacial score (nSPS) is 13.9. The Kier molecular flexibility index (Phi) is 13.5. The zero-order valence-electron chi connectivity index (χ0n) is 35.2. The van der Waals surface area contributed by atoms with Gasteiger partial charge >= 0.3 is 13.9 Å². The maximum absolute atomic E-state index is 14.7. The number of hydrogen-bond donors (Lipinski definition) is 1. The van der Waals surface area contributed by atoms with Crippen LogP contribution in [-0.2, 0) is 40.9 Å². The fraction of sp³-hybridized carbons (Fsp3) is 0.356. The summed E-state index contributed by atoms with van der Waals surface area (Å²) in [6.45, 7) is 8.72. The zero-order chi connectivity index (χ0) is 43.3. The Hall–Kier alpha value is -5.70. The molecular weight excluding hydrogens is 798 g/mol. The smallest absolute Gasteiger partial charge is 0.422 e. The minimum atomic E-state index is -4.23. The lowest BCUT2D eigenvalue weighted by Gasteiger charge is -2.31. The number of pyridine rings is 1. The van der Waals surface area contributed by atoms with E-state index in [0.29, 0.717) is 11.2 Å². The van der Waals surface area contributed by atoms with Crippen LogP contribution in [0, 0.1) is 13.8 Å². The molecule has 4 heterocycles. The van der Waals surface area contributed by atoms with Gasteiger partial charge in [-0.05, 0) is 97.1 Å². The Morgan fingerprint density at radius 1 is 0.902 bits per heavy atom. The summed E-state index contributed by atoms with van der Waals surface area (Å²) < 4.78 is 39.4. The third-order valence-corrected chi connectivity index (χ3v) is 12.5. The number of carbonyl (C=O) groups excluding carboxylic acids is 3. The van der Waals surface area contributed by atoms with Crippen LogP contribution >= 0.6 is 7.82 Å². The average Bonchev–Trinajstić information content (AvgIpc) is 3.87. The number of phosphoric ester groups is 1. The molecule has 0 atom stereocenters. The molecule has 0 unspecified atom stereocenters. The fourth-order valence-corrected chi connectivity index (χ4v) is 8.96. The van der Waals surface area contributed by atoms with E-state index in [1.807, 2.05) is 86.8 Å². The lowest BCUT2D eigenvalue weighted by atomic mass is 9.87. The number of aryl methyl sites for hydroxylation is 1. The number of likely N-dealkylation sites (tertiary alicyclic amines) is 1. The first-order valence-electron chi connectivity index (χ1n) is 20.3. The number of nitrogens with two attached hydrogens (primary N) is 1. The highest BCUT2D eigenvalue weighted by Crippen LogP contribution is 2.51. The van der Waals surface area contributed by atoms with Gasteiger partial charge in [0.05, 0.1) is 31.0 Å². The number of phosphoric acid groups is 1. The van der Waals surface area contributed by atoms with E-state index in [1.165, 1.54) is 13.4 Å². The summed E-state index contributed by atoms with van der Waals surface area (Å²) >= 11 is 0. The number of likely N-dealkylation sites (N-methyl/N-ethyl adjacent to an activating group) is 1. The predicted octanol–water partition coefficient (Wildman–Crippen LogP) is 7.98. The van der Waals surface area contributed by atoms with Crippen molar-refractivity contribution >= 4 is 42.3 Å². The quantitative estimate of drug-likeness (QED) is 0.0739. The molecule has 7 rings (SSSR count). The molecule has 0 saturated carbocycles. The summed E-state index contributed by atoms with van der Waals surface area (Å²) in [7, 11) is -2.78. The number of ether oxygens (including phenoxy) is 1. The van der Waals surface area contributed by atoms with Crippen molar-refractivity contribution in [3.8, 4) is 11.3 Å². The summed E-state index contributed by atoms with van der Waals surface area (Å²) in [5.74, 6) is -0.453. The highest BCUT2D eigenvalue weighted by Gasteiger charge is 2.31. The summed E-state index contributed by atoms with van der Waals surface area (Å²) in [5.41, 5.74) is 13.9. The topological polar surface area (TPSA) is 173 Å². The Labute approximate surface area is 355 Å². The molecule has 2 amide bonds. The fourth-order valence-electron chi connectivity index (χ4n) is 7.94. The minimum absolute atomic E-state index is 0.00545. The lowest BCUT2D eigenvalue weighted by Crippen LogP contribution is -2.39. The van der Waals surface area contributed by atoms with E-state index in [9.17, 15) is 18.9 Å².